The van der Waals surface area contributed by atoms with Crippen molar-refractivity contribution in [3.05, 3.63) is 42.0 Å². The fraction of sp³-hybridized carbons (Fsp3) is 0.423. The van der Waals surface area contributed by atoms with Crippen molar-refractivity contribution >= 4 is 23.2 Å². The summed E-state index contributed by atoms with van der Waals surface area (Å²) in [6.45, 7) is -0.112. The molecule has 2 amide bonds. The highest BCUT2D eigenvalue weighted by atomic mass is 16.5. The smallest absolute Gasteiger partial charge is 0.275 e. The number of anilines is 1. The number of nitrogens with zero attached hydrogens (tertiary/aromatic N) is 2. The number of methoxy groups -OCH3 is 4. The van der Waals surface area contributed by atoms with Crippen LogP contribution < -0.4 is 24.3 Å². The van der Waals surface area contributed by atoms with Crippen LogP contribution in [0.3, 0.4) is 0 Å². The van der Waals surface area contributed by atoms with Gasteiger partial charge in [-0.3, -0.25) is 14.6 Å². The van der Waals surface area contributed by atoms with Crippen molar-refractivity contribution in [3.63, 3.8) is 0 Å². The van der Waals surface area contributed by atoms with Crippen molar-refractivity contribution in [2.75, 3.05) is 40.3 Å². The quantitative estimate of drug-likeness (QED) is 0.618. The Morgan fingerprint density at radius 1 is 0.943 bits per heavy atom. The van der Waals surface area contributed by atoms with E-state index in [0.29, 0.717) is 40.0 Å². The Morgan fingerprint density at radius 3 is 2.11 bits per heavy atom. The molecular formula is C26H31N3O6. The summed E-state index contributed by atoms with van der Waals surface area (Å²) < 4.78 is 21.3. The van der Waals surface area contributed by atoms with Crippen LogP contribution in [0.2, 0.25) is 0 Å². The lowest BCUT2D eigenvalue weighted by atomic mass is 9.88. The maximum absolute atomic E-state index is 13.5. The molecule has 1 N–H and O–H groups in total. The highest BCUT2D eigenvalue weighted by Crippen LogP contribution is 2.41. The Hall–Kier alpha value is -3.75. The van der Waals surface area contributed by atoms with Crippen LogP contribution in [-0.2, 0) is 9.59 Å². The lowest BCUT2D eigenvalue weighted by Gasteiger charge is -2.38. The van der Waals surface area contributed by atoms with Gasteiger partial charge < -0.3 is 29.2 Å². The summed E-state index contributed by atoms with van der Waals surface area (Å²) in [6.07, 6.45) is 4.47. The molecule has 1 heterocycles. The minimum Gasteiger partial charge on any atom is -0.497 e. The van der Waals surface area contributed by atoms with Gasteiger partial charge in [0.2, 0.25) is 11.7 Å². The number of rotatable bonds is 8. The van der Waals surface area contributed by atoms with Crippen LogP contribution in [0.4, 0.5) is 5.69 Å². The van der Waals surface area contributed by atoms with Crippen LogP contribution in [0.15, 0.2) is 41.4 Å². The second kappa shape index (κ2) is 10.2. The van der Waals surface area contributed by atoms with Crippen LogP contribution in [-0.4, -0.2) is 63.1 Å². The van der Waals surface area contributed by atoms with Gasteiger partial charge in [-0.2, -0.15) is 0 Å². The Labute approximate surface area is 205 Å². The van der Waals surface area contributed by atoms with Crippen LogP contribution in [0, 0.1) is 0 Å². The first-order chi connectivity index (χ1) is 16.9. The number of nitrogens with one attached hydrogen (secondary N) is 1. The lowest BCUT2D eigenvalue weighted by molar-refractivity contribution is -0.134. The maximum Gasteiger partial charge on any atom is 0.275 e. The fourth-order valence-electron chi connectivity index (χ4n) is 4.79. The number of ether oxygens (including phenoxy) is 4. The third-order valence-electron chi connectivity index (χ3n) is 6.54. The zero-order valence-electron chi connectivity index (χ0n) is 20.6. The van der Waals surface area contributed by atoms with E-state index in [1.165, 1.54) is 21.3 Å². The minimum atomic E-state index is -0.697. The molecule has 35 heavy (non-hydrogen) atoms. The topological polar surface area (TPSA) is 98.7 Å². The van der Waals surface area contributed by atoms with Crippen LogP contribution in [0.25, 0.3) is 0 Å². The Kier molecular flexibility index (Phi) is 7.14. The highest BCUT2D eigenvalue weighted by molar-refractivity contribution is 6.47. The second-order valence-electron chi connectivity index (χ2n) is 8.59. The summed E-state index contributed by atoms with van der Waals surface area (Å²) in [5.41, 5.74) is 0.880. The molecule has 2 aromatic carbocycles. The number of benzene rings is 2. The summed E-state index contributed by atoms with van der Waals surface area (Å²) in [6, 6.07) is 10.6. The van der Waals surface area contributed by atoms with Gasteiger partial charge in [-0.25, -0.2) is 0 Å². The lowest BCUT2D eigenvalue weighted by Crippen LogP contribution is -2.51. The van der Waals surface area contributed by atoms with Gasteiger partial charge in [0.25, 0.3) is 5.91 Å². The first-order valence-corrected chi connectivity index (χ1v) is 11.6. The SMILES string of the molecule is COc1ccc(C2=NC3(CCCCC3)N(CC(=O)Nc3cc(OC)c(OC)c(OC)c3)C2=O)cc1. The van der Waals surface area contributed by atoms with E-state index < -0.39 is 5.66 Å². The molecule has 1 fully saturated rings. The van der Waals surface area contributed by atoms with E-state index in [-0.39, 0.29) is 18.4 Å². The summed E-state index contributed by atoms with van der Waals surface area (Å²) in [4.78, 5) is 33.2. The molecule has 9 nitrogen and oxygen atoms in total. The van der Waals surface area contributed by atoms with Crippen LogP contribution >= 0.6 is 0 Å². The molecule has 9 heteroatoms. The second-order valence-corrected chi connectivity index (χ2v) is 8.59. The molecule has 4 rings (SSSR count). The van der Waals surface area contributed by atoms with E-state index in [0.717, 1.165) is 32.1 Å². The molecule has 0 atom stereocenters. The zero-order chi connectivity index (χ0) is 25.0. The number of hydrogen-bond donors (Lipinski definition) is 1. The molecule has 1 aliphatic heterocycles. The van der Waals surface area contributed by atoms with Crippen molar-refractivity contribution in [1.82, 2.24) is 4.90 Å². The molecule has 0 radical (unpaired) electrons. The molecule has 186 valence electrons. The van der Waals surface area contributed by atoms with Gasteiger partial charge in [0, 0.05) is 23.4 Å². The Balaban J connectivity index is 1.58. The van der Waals surface area contributed by atoms with Crippen LogP contribution in [0.5, 0.6) is 23.0 Å². The third-order valence-corrected chi connectivity index (χ3v) is 6.54. The zero-order valence-corrected chi connectivity index (χ0v) is 20.6. The number of hydrogen-bond acceptors (Lipinski definition) is 7. The van der Waals surface area contributed by atoms with Crippen LogP contribution in [0.1, 0.15) is 37.7 Å². The average molecular weight is 482 g/mol. The van der Waals surface area contributed by atoms with E-state index in [1.54, 1.807) is 36.3 Å². The Bertz CT molecular complexity index is 1100. The normalized spacial score (nSPS) is 16.6. The van der Waals surface area contributed by atoms with E-state index in [9.17, 15) is 9.59 Å². The molecule has 2 aliphatic rings. The van der Waals surface area contributed by atoms with Gasteiger partial charge >= 0.3 is 0 Å². The van der Waals surface area contributed by atoms with E-state index in [2.05, 4.69) is 5.32 Å². The van der Waals surface area contributed by atoms with E-state index >= 15 is 0 Å². The molecular weight excluding hydrogens is 450 g/mol. The summed E-state index contributed by atoms with van der Waals surface area (Å²) in [5.74, 6) is 1.41. The predicted molar refractivity (Wildman–Crippen MR) is 132 cm³/mol. The fourth-order valence-corrected chi connectivity index (χ4v) is 4.79. The van der Waals surface area contributed by atoms with Crippen molar-refractivity contribution in [3.8, 4) is 23.0 Å². The van der Waals surface area contributed by atoms with Gasteiger partial charge in [0.15, 0.2) is 11.5 Å². The molecule has 1 spiro atoms. The number of aliphatic imine (C=N–C) groups is 1. The molecule has 0 saturated heterocycles. The predicted octanol–water partition coefficient (Wildman–Crippen LogP) is 3.65. The van der Waals surface area contributed by atoms with Crippen molar-refractivity contribution in [2.45, 2.75) is 37.8 Å². The van der Waals surface area contributed by atoms with Gasteiger partial charge in [0.1, 0.15) is 23.7 Å². The first kappa shape index (κ1) is 24.4. The number of carbonyl (C=O) groups excluding carboxylic acids is 2. The molecule has 0 unspecified atom stereocenters. The molecule has 2 aromatic rings. The third kappa shape index (κ3) is 4.76. The van der Waals surface area contributed by atoms with Gasteiger partial charge in [-0.1, -0.05) is 6.42 Å². The molecule has 0 aromatic heterocycles. The number of carbonyl (C=O) groups is 2. The van der Waals surface area contributed by atoms with Gasteiger partial charge in [0.05, 0.1) is 28.4 Å². The van der Waals surface area contributed by atoms with Gasteiger partial charge in [-0.15, -0.1) is 0 Å². The largest absolute Gasteiger partial charge is 0.497 e. The maximum atomic E-state index is 13.5. The first-order valence-electron chi connectivity index (χ1n) is 11.6. The van der Waals surface area contributed by atoms with Crippen molar-refractivity contribution in [1.29, 1.82) is 0 Å². The average Bonchev–Trinajstić information content (AvgIpc) is 3.14. The van der Waals surface area contributed by atoms with E-state index in [4.69, 9.17) is 23.9 Å². The monoisotopic (exact) mass is 481 g/mol. The van der Waals surface area contributed by atoms with E-state index in [1.807, 2.05) is 12.1 Å². The highest BCUT2D eigenvalue weighted by Gasteiger charge is 2.48. The molecule has 0 bridgehead atoms. The van der Waals surface area contributed by atoms with Gasteiger partial charge in [-0.05, 0) is 49.9 Å². The summed E-state index contributed by atoms with van der Waals surface area (Å²) >= 11 is 0. The standard InChI is InChI=1S/C26H31N3O6/c1-32-19-10-8-17(9-11-19)23-25(31)29(26(28-23)12-6-5-7-13-26)16-22(30)27-18-14-20(33-2)24(35-4)21(15-18)34-3/h8-11,14-15H,5-7,12-13,16H2,1-4H3,(H,27,30). The summed E-state index contributed by atoms with van der Waals surface area (Å²) in [7, 11) is 6.13. The number of amides is 2. The Morgan fingerprint density at radius 2 is 1.57 bits per heavy atom. The molecule has 1 saturated carbocycles. The molecule has 1 aliphatic carbocycles. The van der Waals surface area contributed by atoms with Crippen molar-refractivity contribution < 1.29 is 28.5 Å². The van der Waals surface area contributed by atoms with Crippen molar-refractivity contribution in [2.24, 2.45) is 4.99 Å². The summed E-state index contributed by atoms with van der Waals surface area (Å²) in [5, 5.41) is 2.87. The minimum absolute atomic E-state index is 0.112.